The monoisotopic (exact) mass is 328 g/mol. The van der Waals surface area contributed by atoms with Crippen LogP contribution in [-0.2, 0) is 0 Å². The van der Waals surface area contributed by atoms with E-state index in [1.165, 1.54) is 9.75 Å². The number of aromatic nitrogens is 1. The molecule has 1 aromatic carbocycles. The van der Waals surface area contributed by atoms with Gasteiger partial charge in [-0.05, 0) is 36.6 Å². The second kappa shape index (κ2) is 6.34. The Hall–Kier alpha value is -2.11. The smallest absolute Gasteiger partial charge is 0.142 e. The summed E-state index contributed by atoms with van der Waals surface area (Å²) in [5, 5.41) is 3.04. The summed E-state index contributed by atoms with van der Waals surface area (Å²) in [5.41, 5.74) is 8.74. The first-order chi connectivity index (χ1) is 10.7. The van der Waals surface area contributed by atoms with Crippen LogP contribution in [0.4, 0.5) is 5.69 Å². The van der Waals surface area contributed by atoms with Gasteiger partial charge in [-0.3, -0.25) is 0 Å². The van der Waals surface area contributed by atoms with Gasteiger partial charge in [0.1, 0.15) is 17.4 Å². The zero-order valence-corrected chi connectivity index (χ0v) is 13.8. The zero-order valence-electron chi connectivity index (χ0n) is 12.2. The lowest BCUT2D eigenvalue weighted by Crippen LogP contribution is -1.97. The lowest BCUT2D eigenvalue weighted by atomic mass is 10.2. The molecule has 0 amide bonds. The number of aryl methyl sites for hydroxylation is 1. The van der Waals surface area contributed by atoms with E-state index in [1.54, 1.807) is 28.7 Å². The van der Waals surface area contributed by atoms with E-state index in [9.17, 15) is 0 Å². The van der Waals surface area contributed by atoms with E-state index in [1.807, 2.05) is 24.3 Å². The fraction of sp³-hybridized carbons (Fsp3) is 0.118. The van der Waals surface area contributed by atoms with Gasteiger partial charge in [-0.2, -0.15) is 0 Å². The Labute approximate surface area is 137 Å². The standard InChI is InChI=1S/C17H16N2OS2/c1-3-8-20-14-7-6-12(10-13(14)18)17-19-16(11(2)22-17)15-5-4-9-21-15/h3-7,9-10H,1,8,18H2,2H3. The lowest BCUT2D eigenvalue weighted by molar-refractivity contribution is 0.365. The Morgan fingerprint density at radius 3 is 2.91 bits per heavy atom. The van der Waals surface area contributed by atoms with Crippen molar-refractivity contribution in [2.45, 2.75) is 6.92 Å². The first-order valence-electron chi connectivity index (χ1n) is 6.84. The van der Waals surface area contributed by atoms with Crippen molar-refractivity contribution in [2.75, 3.05) is 12.3 Å². The maximum absolute atomic E-state index is 6.06. The van der Waals surface area contributed by atoms with Crippen molar-refractivity contribution in [3.8, 4) is 26.9 Å². The normalized spacial score (nSPS) is 10.6. The van der Waals surface area contributed by atoms with E-state index < -0.39 is 0 Å². The summed E-state index contributed by atoms with van der Waals surface area (Å²) in [7, 11) is 0. The van der Waals surface area contributed by atoms with Crippen LogP contribution >= 0.6 is 22.7 Å². The molecule has 5 heteroatoms. The van der Waals surface area contributed by atoms with Crippen LogP contribution in [-0.4, -0.2) is 11.6 Å². The van der Waals surface area contributed by atoms with Gasteiger partial charge in [-0.15, -0.1) is 22.7 Å². The van der Waals surface area contributed by atoms with Crippen LogP contribution in [0.1, 0.15) is 4.88 Å². The Morgan fingerprint density at radius 2 is 2.23 bits per heavy atom. The number of benzene rings is 1. The molecule has 0 bridgehead atoms. The summed E-state index contributed by atoms with van der Waals surface area (Å²) in [6, 6.07) is 9.93. The Morgan fingerprint density at radius 1 is 1.36 bits per heavy atom. The highest BCUT2D eigenvalue weighted by molar-refractivity contribution is 7.17. The first-order valence-corrected chi connectivity index (χ1v) is 8.53. The largest absolute Gasteiger partial charge is 0.487 e. The second-order valence-corrected chi connectivity index (χ2v) is 6.90. The molecule has 2 N–H and O–H groups in total. The van der Waals surface area contributed by atoms with Crippen molar-refractivity contribution >= 4 is 28.4 Å². The first kappa shape index (κ1) is 14.8. The van der Waals surface area contributed by atoms with Gasteiger partial charge in [0.25, 0.3) is 0 Å². The molecule has 0 radical (unpaired) electrons. The van der Waals surface area contributed by atoms with Gasteiger partial charge in [-0.1, -0.05) is 18.7 Å². The average Bonchev–Trinajstić information content (AvgIpc) is 3.15. The highest BCUT2D eigenvalue weighted by Gasteiger charge is 2.13. The molecule has 0 spiro atoms. The van der Waals surface area contributed by atoms with Crippen LogP contribution in [0.2, 0.25) is 0 Å². The molecule has 0 saturated heterocycles. The van der Waals surface area contributed by atoms with Gasteiger partial charge < -0.3 is 10.5 Å². The summed E-state index contributed by atoms with van der Waals surface area (Å²) in [4.78, 5) is 7.18. The number of hydrogen-bond donors (Lipinski definition) is 1. The predicted molar refractivity (Wildman–Crippen MR) is 95.7 cm³/mol. The summed E-state index contributed by atoms with van der Waals surface area (Å²) in [6.07, 6.45) is 1.70. The topological polar surface area (TPSA) is 48.1 Å². The lowest BCUT2D eigenvalue weighted by Gasteiger charge is -2.07. The third kappa shape index (κ3) is 2.91. The molecule has 2 aromatic heterocycles. The van der Waals surface area contributed by atoms with Crippen LogP contribution in [0.15, 0.2) is 48.4 Å². The van der Waals surface area contributed by atoms with Crippen LogP contribution in [0, 0.1) is 6.92 Å². The van der Waals surface area contributed by atoms with Gasteiger partial charge in [0.2, 0.25) is 0 Å². The van der Waals surface area contributed by atoms with Crippen LogP contribution < -0.4 is 10.5 Å². The molecule has 0 fully saturated rings. The van der Waals surface area contributed by atoms with Crippen LogP contribution in [0.3, 0.4) is 0 Å². The van der Waals surface area contributed by atoms with E-state index in [2.05, 4.69) is 24.9 Å². The number of thiophene rings is 1. The highest BCUT2D eigenvalue weighted by atomic mass is 32.1. The fourth-order valence-electron chi connectivity index (χ4n) is 2.12. The van der Waals surface area contributed by atoms with Gasteiger partial charge in [0.05, 0.1) is 16.3 Å². The molecule has 3 rings (SSSR count). The van der Waals surface area contributed by atoms with Gasteiger partial charge >= 0.3 is 0 Å². The van der Waals surface area contributed by atoms with Gasteiger partial charge in [-0.25, -0.2) is 4.98 Å². The molecule has 2 heterocycles. The second-order valence-electron chi connectivity index (χ2n) is 4.75. The Balaban J connectivity index is 1.93. The van der Waals surface area contributed by atoms with E-state index in [4.69, 9.17) is 15.5 Å². The molecular formula is C17H16N2OS2. The maximum atomic E-state index is 6.06. The summed E-state index contributed by atoms with van der Waals surface area (Å²) in [6.45, 7) is 6.18. The zero-order chi connectivity index (χ0) is 15.5. The van der Waals surface area contributed by atoms with Crippen molar-refractivity contribution in [1.82, 2.24) is 4.98 Å². The third-order valence-electron chi connectivity index (χ3n) is 3.16. The number of hydrogen-bond acceptors (Lipinski definition) is 5. The predicted octanol–water partition coefficient (Wildman–Crippen LogP) is 4.99. The highest BCUT2D eigenvalue weighted by Crippen LogP contribution is 2.37. The van der Waals surface area contributed by atoms with Crippen molar-refractivity contribution in [3.63, 3.8) is 0 Å². The molecule has 0 saturated carbocycles. The summed E-state index contributed by atoms with van der Waals surface area (Å²) < 4.78 is 5.51. The third-order valence-corrected chi connectivity index (χ3v) is 5.06. The molecule has 22 heavy (non-hydrogen) atoms. The van der Waals surface area contributed by atoms with Crippen LogP contribution in [0.5, 0.6) is 5.75 Å². The number of nitrogen functional groups attached to an aromatic ring is 1. The molecule has 0 aliphatic carbocycles. The number of nitrogens with two attached hydrogens (primary N) is 1. The van der Waals surface area contributed by atoms with E-state index in [-0.39, 0.29) is 0 Å². The summed E-state index contributed by atoms with van der Waals surface area (Å²) >= 11 is 3.38. The Kier molecular flexibility index (Phi) is 4.27. The minimum atomic E-state index is 0.447. The molecule has 0 aliphatic rings. The quantitative estimate of drug-likeness (QED) is 0.530. The number of thiazole rings is 1. The van der Waals surface area contributed by atoms with Crippen molar-refractivity contribution in [2.24, 2.45) is 0 Å². The van der Waals surface area contributed by atoms with Crippen LogP contribution in [0.25, 0.3) is 21.1 Å². The number of nitrogens with zero attached hydrogens (tertiary/aromatic N) is 1. The molecule has 0 atom stereocenters. The van der Waals surface area contributed by atoms with Gasteiger partial charge in [0, 0.05) is 10.4 Å². The molecule has 3 nitrogen and oxygen atoms in total. The van der Waals surface area contributed by atoms with Gasteiger partial charge in [0.15, 0.2) is 0 Å². The van der Waals surface area contributed by atoms with Crippen molar-refractivity contribution in [1.29, 1.82) is 0 Å². The van der Waals surface area contributed by atoms with E-state index in [0.717, 1.165) is 16.3 Å². The van der Waals surface area contributed by atoms with Crippen molar-refractivity contribution in [3.05, 3.63) is 53.2 Å². The minimum Gasteiger partial charge on any atom is -0.487 e. The molecule has 112 valence electrons. The fourth-order valence-corrected chi connectivity index (χ4v) is 3.88. The average molecular weight is 328 g/mol. The molecule has 0 aliphatic heterocycles. The van der Waals surface area contributed by atoms with Crippen molar-refractivity contribution < 1.29 is 4.74 Å². The Bertz CT molecular complexity index is 791. The molecule has 3 aromatic rings. The SMILES string of the molecule is C=CCOc1ccc(-c2nc(-c3cccs3)c(C)s2)cc1N. The summed E-state index contributed by atoms with van der Waals surface area (Å²) in [5.74, 6) is 0.676. The van der Waals surface area contributed by atoms with E-state index in [0.29, 0.717) is 18.0 Å². The maximum Gasteiger partial charge on any atom is 0.142 e. The minimum absolute atomic E-state index is 0.447. The number of rotatable bonds is 5. The van der Waals surface area contributed by atoms with E-state index >= 15 is 0 Å². The number of ether oxygens (including phenoxy) is 1. The molecular weight excluding hydrogens is 312 g/mol. The number of anilines is 1. The molecule has 0 unspecified atom stereocenters.